The fraction of sp³-hybridized carbons (Fsp3) is 0.440. The molecule has 1 saturated heterocycles. The molecule has 1 N–H and O–H groups in total. The number of aryl methyl sites for hydroxylation is 1. The van der Waals surface area contributed by atoms with E-state index < -0.39 is 6.29 Å². The molecule has 10 heteroatoms. The summed E-state index contributed by atoms with van der Waals surface area (Å²) in [6.45, 7) is 8.46. The Bertz CT molecular complexity index is 1240. The summed E-state index contributed by atoms with van der Waals surface area (Å²) in [4.78, 5) is 9.54. The second kappa shape index (κ2) is 10.0. The summed E-state index contributed by atoms with van der Waals surface area (Å²) < 4.78 is 13.8. The topological polar surface area (TPSA) is 117 Å². The lowest BCUT2D eigenvalue weighted by Crippen LogP contribution is -2.34. The van der Waals surface area contributed by atoms with E-state index >= 15 is 0 Å². The first kappa shape index (κ1) is 23.3. The van der Waals surface area contributed by atoms with Crippen LogP contribution in [0.15, 0.2) is 42.6 Å². The van der Waals surface area contributed by atoms with E-state index in [-0.39, 0.29) is 5.41 Å². The number of benzene rings is 1. The van der Waals surface area contributed by atoms with Crippen LogP contribution in [0.25, 0.3) is 22.6 Å². The lowest BCUT2D eigenvalue weighted by Gasteiger charge is -2.33. The number of aromatic amines is 1. The van der Waals surface area contributed by atoms with Crippen LogP contribution in [0.4, 0.5) is 0 Å². The van der Waals surface area contributed by atoms with Gasteiger partial charge >= 0.3 is 0 Å². The van der Waals surface area contributed by atoms with Gasteiger partial charge in [0.2, 0.25) is 12.1 Å². The Labute approximate surface area is 204 Å². The second-order valence-corrected chi connectivity index (χ2v) is 9.60. The Morgan fingerprint density at radius 2 is 1.89 bits per heavy atom. The Hall–Kier alpha value is -3.50. The van der Waals surface area contributed by atoms with E-state index in [1.807, 2.05) is 41.2 Å². The van der Waals surface area contributed by atoms with Crippen LogP contribution in [0, 0.1) is 5.41 Å². The molecule has 0 spiro atoms. The molecule has 0 aliphatic carbocycles. The third-order valence-electron chi connectivity index (χ3n) is 5.94. The summed E-state index contributed by atoms with van der Waals surface area (Å²) in [5.41, 5.74) is 3.76. The largest absolute Gasteiger partial charge is 0.345 e. The Morgan fingerprint density at radius 3 is 2.57 bits per heavy atom. The van der Waals surface area contributed by atoms with Crippen LogP contribution in [-0.4, -0.2) is 53.6 Å². The third-order valence-corrected chi connectivity index (χ3v) is 5.94. The summed E-state index contributed by atoms with van der Waals surface area (Å²) in [5.74, 6) is 2.08. The number of unbranched alkanes of at least 4 members (excludes halogenated alkanes) is 1. The van der Waals surface area contributed by atoms with Gasteiger partial charge in [0, 0.05) is 35.7 Å². The Kier molecular flexibility index (Phi) is 6.65. The van der Waals surface area contributed by atoms with Crippen molar-refractivity contribution in [2.45, 2.75) is 52.9 Å². The minimum absolute atomic E-state index is 0.000102. The zero-order chi connectivity index (χ0) is 24.3. The molecule has 10 nitrogen and oxygen atoms in total. The van der Waals surface area contributed by atoms with Crippen LogP contribution >= 0.6 is 0 Å². The lowest BCUT2D eigenvalue weighted by atomic mass is 9.96. The molecule has 182 valence electrons. The maximum Gasteiger partial charge on any atom is 0.221 e. The predicted molar refractivity (Wildman–Crippen MR) is 129 cm³/mol. The second-order valence-electron chi connectivity index (χ2n) is 9.60. The summed E-state index contributed by atoms with van der Waals surface area (Å²) in [6, 6.07) is 12.0. The van der Waals surface area contributed by atoms with Crippen molar-refractivity contribution in [1.82, 2.24) is 40.4 Å². The van der Waals surface area contributed by atoms with E-state index in [1.165, 1.54) is 0 Å². The highest BCUT2D eigenvalue weighted by molar-refractivity contribution is 5.78. The number of nitrogens with one attached hydrogen (secondary N) is 1. The van der Waals surface area contributed by atoms with Crippen molar-refractivity contribution < 1.29 is 9.47 Å². The summed E-state index contributed by atoms with van der Waals surface area (Å²) in [7, 11) is 0. The molecule has 4 heterocycles. The predicted octanol–water partition coefficient (Wildman–Crippen LogP) is 3.98. The van der Waals surface area contributed by atoms with Crippen molar-refractivity contribution in [3.05, 3.63) is 59.8 Å². The van der Waals surface area contributed by atoms with Crippen LogP contribution in [0.5, 0.6) is 0 Å². The molecule has 1 aromatic carbocycles. The maximum absolute atomic E-state index is 5.92. The van der Waals surface area contributed by atoms with Gasteiger partial charge in [0.25, 0.3) is 0 Å². The number of H-pyrrole nitrogens is 1. The molecule has 0 atom stereocenters. The molecule has 35 heavy (non-hydrogen) atoms. The molecular weight excluding hydrogens is 444 g/mol. The maximum atomic E-state index is 5.92. The van der Waals surface area contributed by atoms with Crippen molar-refractivity contribution in [3.63, 3.8) is 0 Å². The number of hydrogen-bond donors (Lipinski definition) is 1. The van der Waals surface area contributed by atoms with Crippen LogP contribution in [0.1, 0.15) is 57.1 Å². The van der Waals surface area contributed by atoms with Crippen LogP contribution in [0.3, 0.4) is 0 Å². The highest BCUT2D eigenvalue weighted by Crippen LogP contribution is 2.31. The minimum atomic E-state index is -0.521. The average molecular weight is 475 g/mol. The summed E-state index contributed by atoms with van der Waals surface area (Å²) >= 11 is 0. The first-order chi connectivity index (χ1) is 17.0. The van der Waals surface area contributed by atoms with Crippen LogP contribution in [0.2, 0.25) is 0 Å². The highest BCUT2D eigenvalue weighted by Gasteiger charge is 2.32. The molecule has 5 rings (SSSR count). The van der Waals surface area contributed by atoms with E-state index in [0.29, 0.717) is 31.3 Å². The zero-order valence-corrected chi connectivity index (χ0v) is 20.3. The first-order valence-electron chi connectivity index (χ1n) is 12.0. The summed E-state index contributed by atoms with van der Waals surface area (Å²) in [6.07, 6.45) is 4.09. The Morgan fingerprint density at radius 1 is 1.09 bits per heavy atom. The van der Waals surface area contributed by atoms with Gasteiger partial charge < -0.3 is 9.47 Å². The van der Waals surface area contributed by atoms with Gasteiger partial charge in [-0.15, -0.1) is 5.10 Å². The highest BCUT2D eigenvalue weighted by atomic mass is 16.7. The van der Waals surface area contributed by atoms with Gasteiger partial charge in [-0.1, -0.05) is 57.5 Å². The fourth-order valence-electron chi connectivity index (χ4n) is 4.01. The molecule has 0 amide bonds. The number of pyridine rings is 1. The van der Waals surface area contributed by atoms with Crippen molar-refractivity contribution >= 4 is 0 Å². The molecule has 4 aromatic rings. The molecule has 0 bridgehead atoms. The van der Waals surface area contributed by atoms with E-state index in [9.17, 15) is 0 Å². The quantitative estimate of drug-likeness (QED) is 0.408. The van der Waals surface area contributed by atoms with Gasteiger partial charge in [-0.05, 0) is 28.5 Å². The number of ether oxygens (including phenoxy) is 2. The van der Waals surface area contributed by atoms with Gasteiger partial charge in [-0.2, -0.15) is 5.10 Å². The molecule has 1 aliphatic rings. The van der Waals surface area contributed by atoms with Gasteiger partial charge in [-0.3, -0.25) is 4.98 Å². The first-order valence-corrected chi connectivity index (χ1v) is 12.0. The standard InChI is InChI=1S/C25H30N8O2/c1-4-5-12-33-21(27-23(30-33)24-34-15-25(2,3)16-35-24)13-17-10-11-20(26-14-17)18-8-6-7-9-19(18)22-28-31-32-29-22/h6-11,14,24H,4-5,12-13,15-16H2,1-3H3,(H,28,29,31,32). The fourth-order valence-corrected chi connectivity index (χ4v) is 4.01. The van der Waals surface area contributed by atoms with Gasteiger partial charge in [0.15, 0.2) is 5.82 Å². The number of aromatic nitrogens is 8. The molecule has 1 fully saturated rings. The van der Waals surface area contributed by atoms with E-state index in [4.69, 9.17) is 24.5 Å². The number of nitrogens with zero attached hydrogens (tertiary/aromatic N) is 7. The lowest BCUT2D eigenvalue weighted by molar-refractivity contribution is -0.229. The number of tetrazole rings is 1. The molecule has 3 aromatic heterocycles. The van der Waals surface area contributed by atoms with Crippen molar-refractivity contribution in [3.8, 4) is 22.6 Å². The molecule has 1 aliphatic heterocycles. The van der Waals surface area contributed by atoms with Gasteiger partial charge in [0.05, 0.1) is 18.9 Å². The SMILES string of the molecule is CCCCn1nc(C2OCC(C)(C)CO2)nc1Cc1ccc(-c2ccccc2-c2nnn[nH]2)nc1. The molecule has 0 radical (unpaired) electrons. The van der Waals surface area contributed by atoms with E-state index in [0.717, 1.165) is 47.6 Å². The normalized spacial score (nSPS) is 16.0. The number of rotatable bonds is 8. The minimum Gasteiger partial charge on any atom is -0.345 e. The van der Waals surface area contributed by atoms with E-state index in [1.54, 1.807) is 0 Å². The monoisotopic (exact) mass is 474 g/mol. The van der Waals surface area contributed by atoms with Crippen molar-refractivity contribution in [1.29, 1.82) is 0 Å². The van der Waals surface area contributed by atoms with Crippen LogP contribution in [-0.2, 0) is 22.4 Å². The molecule has 0 saturated carbocycles. The molecule has 0 unspecified atom stereocenters. The van der Waals surface area contributed by atoms with Crippen molar-refractivity contribution in [2.75, 3.05) is 13.2 Å². The van der Waals surface area contributed by atoms with Gasteiger partial charge in [-0.25, -0.2) is 14.8 Å². The average Bonchev–Trinajstić information content (AvgIpc) is 3.54. The van der Waals surface area contributed by atoms with Crippen molar-refractivity contribution in [2.24, 2.45) is 5.41 Å². The van der Waals surface area contributed by atoms with Crippen LogP contribution < -0.4 is 0 Å². The summed E-state index contributed by atoms with van der Waals surface area (Å²) in [5, 5.41) is 19.0. The zero-order valence-electron chi connectivity index (χ0n) is 20.3. The number of hydrogen-bond acceptors (Lipinski definition) is 8. The Balaban J connectivity index is 1.36. The van der Waals surface area contributed by atoms with Gasteiger partial charge in [0.1, 0.15) is 5.82 Å². The third kappa shape index (κ3) is 5.28. The molecular formula is C25H30N8O2. The smallest absolute Gasteiger partial charge is 0.221 e. The van der Waals surface area contributed by atoms with E-state index in [2.05, 4.69) is 47.5 Å².